The molecule has 0 radical (unpaired) electrons. The Morgan fingerprint density at radius 1 is 1.18 bits per heavy atom. The normalized spacial score (nSPS) is 21.4. The maximum atomic E-state index is 13.2. The first-order valence-electron chi connectivity index (χ1n) is 9.41. The molecule has 0 aliphatic carbocycles. The molecule has 1 fully saturated rings. The molecule has 1 saturated heterocycles. The summed E-state index contributed by atoms with van der Waals surface area (Å²) < 4.78 is 13.2. The Balaban J connectivity index is 1.41. The minimum absolute atomic E-state index is 0.0457. The molecule has 1 spiro atoms. The van der Waals surface area contributed by atoms with Gasteiger partial charge in [-0.15, -0.1) is 0 Å². The number of likely N-dealkylation sites (tertiary alicyclic amines) is 1. The standard InChI is InChI=1S/C22H20FN3OS/c23-18-5-3-16(4-6-18)12-25-10-8-22(14-25)15-26(19-2-1-9-24-20(19)22)21(27)17-7-11-28-13-17/h1-7,9,11,13H,8,10,12,14-15H2/t22-/m1/s1. The Labute approximate surface area is 167 Å². The van der Waals surface area contributed by atoms with E-state index in [0.717, 1.165) is 48.6 Å². The number of anilines is 1. The van der Waals surface area contributed by atoms with Crippen molar-refractivity contribution in [1.82, 2.24) is 9.88 Å². The number of carbonyl (C=O) groups excluding carboxylic acids is 1. The van der Waals surface area contributed by atoms with Gasteiger partial charge in [-0.2, -0.15) is 11.3 Å². The van der Waals surface area contributed by atoms with Crippen LogP contribution >= 0.6 is 11.3 Å². The lowest BCUT2D eigenvalue weighted by Crippen LogP contribution is -2.39. The Morgan fingerprint density at radius 2 is 2.04 bits per heavy atom. The van der Waals surface area contributed by atoms with Gasteiger partial charge in [-0.25, -0.2) is 4.39 Å². The minimum Gasteiger partial charge on any atom is -0.305 e. The highest BCUT2D eigenvalue weighted by molar-refractivity contribution is 7.08. The first-order chi connectivity index (χ1) is 13.6. The molecule has 1 aromatic carbocycles. The average molecular weight is 393 g/mol. The summed E-state index contributed by atoms with van der Waals surface area (Å²) in [6, 6.07) is 12.5. The van der Waals surface area contributed by atoms with Crippen LogP contribution in [0, 0.1) is 5.82 Å². The molecule has 4 heterocycles. The van der Waals surface area contributed by atoms with Crippen molar-refractivity contribution < 1.29 is 9.18 Å². The molecule has 28 heavy (non-hydrogen) atoms. The van der Waals surface area contributed by atoms with E-state index >= 15 is 0 Å². The highest BCUT2D eigenvalue weighted by atomic mass is 32.1. The number of fused-ring (bicyclic) bond motifs is 2. The summed E-state index contributed by atoms with van der Waals surface area (Å²) in [5.41, 5.74) is 3.66. The number of hydrogen-bond acceptors (Lipinski definition) is 4. The van der Waals surface area contributed by atoms with Gasteiger partial charge in [0.05, 0.1) is 16.9 Å². The molecular weight excluding hydrogens is 373 g/mol. The van der Waals surface area contributed by atoms with E-state index in [9.17, 15) is 9.18 Å². The molecule has 1 amide bonds. The number of halogens is 1. The Hall–Kier alpha value is -2.57. The fourth-order valence-electron chi connectivity index (χ4n) is 4.47. The van der Waals surface area contributed by atoms with Crippen molar-refractivity contribution in [3.63, 3.8) is 0 Å². The van der Waals surface area contributed by atoms with Crippen molar-refractivity contribution in [2.75, 3.05) is 24.5 Å². The van der Waals surface area contributed by atoms with Crippen LogP contribution in [0.3, 0.4) is 0 Å². The van der Waals surface area contributed by atoms with Crippen LogP contribution in [-0.4, -0.2) is 35.4 Å². The Morgan fingerprint density at radius 3 is 2.82 bits per heavy atom. The number of benzene rings is 1. The maximum absolute atomic E-state index is 13.2. The minimum atomic E-state index is -0.210. The van der Waals surface area contributed by atoms with E-state index < -0.39 is 0 Å². The van der Waals surface area contributed by atoms with Crippen LogP contribution in [0.15, 0.2) is 59.4 Å². The molecule has 0 saturated carbocycles. The van der Waals surface area contributed by atoms with E-state index in [2.05, 4.69) is 4.90 Å². The summed E-state index contributed by atoms with van der Waals surface area (Å²) in [6.45, 7) is 3.23. The van der Waals surface area contributed by atoms with Crippen LogP contribution in [0.25, 0.3) is 0 Å². The van der Waals surface area contributed by atoms with E-state index in [0.29, 0.717) is 6.54 Å². The fraction of sp³-hybridized carbons (Fsp3) is 0.273. The van der Waals surface area contributed by atoms with Gasteiger partial charge in [0.25, 0.3) is 5.91 Å². The van der Waals surface area contributed by atoms with Crippen LogP contribution < -0.4 is 4.90 Å². The molecule has 0 bridgehead atoms. The van der Waals surface area contributed by atoms with Crippen LogP contribution in [0.2, 0.25) is 0 Å². The zero-order valence-corrected chi connectivity index (χ0v) is 16.2. The van der Waals surface area contributed by atoms with Gasteiger partial charge < -0.3 is 4.90 Å². The quantitative estimate of drug-likeness (QED) is 0.673. The number of amides is 1. The molecular formula is C22H20FN3OS. The SMILES string of the molecule is O=C(c1ccsc1)N1C[C@]2(CCN(Cc3ccc(F)cc3)C2)c2ncccc21. The Kier molecular flexibility index (Phi) is 4.25. The number of thiophene rings is 1. The van der Waals surface area contributed by atoms with Crippen molar-refractivity contribution in [1.29, 1.82) is 0 Å². The second-order valence-corrected chi connectivity index (χ2v) is 8.42. The molecule has 2 aliphatic heterocycles. The van der Waals surface area contributed by atoms with Crippen molar-refractivity contribution >= 4 is 22.9 Å². The summed E-state index contributed by atoms with van der Waals surface area (Å²) >= 11 is 1.54. The zero-order valence-electron chi connectivity index (χ0n) is 15.3. The van der Waals surface area contributed by atoms with Gasteiger partial charge >= 0.3 is 0 Å². The average Bonchev–Trinajstić information content (AvgIpc) is 3.45. The second-order valence-electron chi connectivity index (χ2n) is 7.64. The van der Waals surface area contributed by atoms with Gasteiger partial charge in [-0.05, 0) is 54.2 Å². The Bertz CT molecular complexity index is 1000. The third-order valence-corrected chi connectivity index (χ3v) is 6.49. The fourth-order valence-corrected chi connectivity index (χ4v) is 5.10. The number of nitrogens with zero attached hydrogens (tertiary/aromatic N) is 3. The first kappa shape index (κ1) is 17.5. The number of pyridine rings is 1. The van der Waals surface area contributed by atoms with E-state index in [1.807, 2.05) is 52.2 Å². The van der Waals surface area contributed by atoms with Gasteiger partial charge in [0.2, 0.25) is 0 Å². The predicted octanol–water partition coefficient (Wildman–Crippen LogP) is 4.09. The molecule has 4 nitrogen and oxygen atoms in total. The summed E-state index contributed by atoms with van der Waals surface area (Å²) in [5.74, 6) is -0.164. The highest BCUT2D eigenvalue weighted by Gasteiger charge is 2.49. The van der Waals surface area contributed by atoms with E-state index in [-0.39, 0.29) is 17.1 Å². The van der Waals surface area contributed by atoms with Crippen LogP contribution in [0.5, 0.6) is 0 Å². The topological polar surface area (TPSA) is 36.4 Å². The van der Waals surface area contributed by atoms with Gasteiger partial charge in [0.15, 0.2) is 0 Å². The van der Waals surface area contributed by atoms with E-state index in [4.69, 9.17) is 4.98 Å². The lowest BCUT2D eigenvalue weighted by molar-refractivity contribution is 0.0985. The van der Waals surface area contributed by atoms with Crippen LogP contribution in [-0.2, 0) is 12.0 Å². The smallest absolute Gasteiger partial charge is 0.259 e. The van der Waals surface area contributed by atoms with Crippen molar-refractivity contribution in [2.24, 2.45) is 0 Å². The molecule has 5 rings (SSSR count). The predicted molar refractivity (Wildman–Crippen MR) is 108 cm³/mol. The van der Waals surface area contributed by atoms with Crippen molar-refractivity contribution in [2.45, 2.75) is 18.4 Å². The third-order valence-electron chi connectivity index (χ3n) is 5.81. The summed E-state index contributed by atoms with van der Waals surface area (Å²) in [6.07, 6.45) is 2.79. The number of rotatable bonds is 3. The van der Waals surface area contributed by atoms with Gasteiger partial charge in [0, 0.05) is 36.6 Å². The van der Waals surface area contributed by atoms with Gasteiger partial charge in [-0.3, -0.25) is 14.7 Å². The number of aromatic nitrogens is 1. The van der Waals surface area contributed by atoms with Crippen LogP contribution in [0.4, 0.5) is 10.1 Å². The first-order valence-corrected chi connectivity index (χ1v) is 10.4. The number of carbonyl (C=O) groups is 1. The van der Waals surface area contributed by atoms with Crippen LogP contribution in [0.1, 0.15) is 28.0 Å². The lowest BCUT2D eigenvalue weighted by Gasteiger charge is -2.25. The molecule has 3 aromatic rings. The van der Waals surface area contributed by atoms with E-state index in [1.165, 1.54) is 23.5 Å². The largest absolute Gasteiger partial charge is 0.305 e. The molecule has 0 unspecified atom stereocenters. The number of hydrogen-bond donors (Lipinski definition) is 0. The summed E-state index contributed by atoms with van der Waals surface area (Å²) in [4.78, 5) is 22.0. The van der Waals surface area contributed by atoms with Crippen molar-refractivity contribution in [3.8, 4) is 0 Å². The molecule has 0 N–H and O–H groups in total. The van der Waals surface area contributed by atoms with E-state index in [1.54, 1.807) is 0 Å². The monoisotopic (exact) mass is 393 g/mol. The third kappa shape index (κ3) is 2.93. The molecule has 2 aromatic heterocycles. The molecule has 1 atom stereocenters. The molecule has 6 heteroatoms. The molecule has 2 aliphatic rings. The summed E-state index contributed by atoms with van der Waals surface area (Å²) in [7, 11) is 0. The van der Waals surface area contributed by atoms with Gasteiger partial charge in [-0.1, -0.05) is 12.1 Å². The zero-order chi connectivity index (χ0) is 19.1. The van der Waals surface area contributed by atoms with Gasteiger partial charge in [0.1, 0.15) is 5.82 Å². The lowest BCUT2D eigenvalue weighted by atomic mass is 9.85. The molecule has 142 valence electrons. The maximum Gasteiger partial charge on any atom is 0.259 e. The second kappa shape index (κ2) is 6.79. The van der Waals surface area contributed by atoms with Crippen molar-refractivity contribution in [3.05, 3.63) is 82.1 Å². The highest BCUT2D eigenvalue weighted by Crippen LogP contribution is 2.45. The summed E-state index contributed by atoms with van der Waals surface area (Å²) in [5, 5.41) is 3.84.